The third-order valence-corrected chi connectivity index (χ3v) is 4.49. The van der Waals surface area contributed by atoms with Crippen LogP contribution < -0.4 is 0 Å². The van der Waals surface area contributed by atoms with Crippen LogP contribution in [0.15, 0.2) is 41.1 Å². The molecule has 0 amide bonds. The number of methoxy groups -OCH3 is 1. The number of esters is 1. The summed E-state index contributed by atoms with van der Waals surface area (Å²) in [6, 6.07) is 8.58. The van der Waals surface area contributed by atoms with E-state index in [1.165, 1.54) is 17.9 Å². The van der Waals surface area contributed by atoms with E-state index in [9.17, 15) is 19.6 Å². The summed E-state index contributed by atoms with van der Waals surface area (Å²) < 4.78 is 16.8. The minimum Gasteiger partial charge on any atom is -0.469 e. The molecule has 0 aliphatic carbocycles. The van der Waals surface area contributed by atoms with Crippen molar-refractivity contribution < 1.29 is 28.3 Å². The third kappa shape index (κ3) is 4.83. The van der Waals surface area contributed by atoms with E-state index in [4.69, 9.17) is 9.15 Å². The highest BCUT2D eigenvalue weighted by Gasteiger charge is 2.23. The van der Waals surface area contributed by atoms with Gasteiger partial charge in [-0.05, 0) is 45.0 Å². The van der Waals surface area contributed by atoms with Crippen LogP contribution in [0.5, 0.6) is 0 Å². The number of carbonyl (C=O) groups is 3. The van der Waals surface area contributed by atoms with Gasteiger partial charge in [0.25, 0.3) is 0 Å². The van der Waals surface area contributed by atoms with Crippen molar-refractivity contribution in [1.29, 1.82) is 5.26 Å². The number of Topliss-reactive ketones (excluding diaryl/α,β-unsaturated/α-hetero) is 1. The topological polar surface area (TPSA) is 112 Å². The van der Waals surface area contributed by atoms with E-state index in [2.05, 4.69) is 10.8 Å². The molecule has 1 aromatic carbocycles. The zero-order chi connectivity index (χ0) is 22.8. The van der Waals surface area contributed by atoms with Crippen molar-refractivity contribution in [3.8, 4) is 17.2 Å². The van der Waals surface area contributed by atoms with Gasteiger partial charge in [0.2, 0.25) is 0 Å². The van der Waals surface area contributed by atoms with Crippen molar-refractivity contribution >= 4 is 28.7 Å². The number of carbonyl (C=O) groups excluding carboxylic acids is 3. The summed E-state index contributed by atoms with van der Waals surface area (Å²) >= 11 is 0. The number of nitriles is 1. The Morgan fingerprint density at radius 3 is 2.55 bits per heavy atom. The van der Waals surface area contributed by atoms with Crippen LogP contribution in [0, 0.1) is 11.3 Å². The van der Waals surface area contributed by atoms with Gasteiger partial charge in [0.05, 0.1) is 36.9 Å². The number of ketones is 1. The Morgan fingerprint density at radius 2 is 1.90 bits per heavy atom. The average molecular weight is 422 g/mol. The zero-order valence-corrected chi connectivity index (χ0v) is 17.7. The minimum atomic E-state index is -0.685. The molecule has 2 heterocycles. The molecule has 3 aromatic rings. The van der Waals surface area contributed by atoms with Gasteiger partial charge < -0.3 is 13.9 Å². The number of ether oxygens (including phenoxy) is 2. The van der Waals surface area contributed by atoms with Crippen LogP contribution in [0.3, 0.4) is 0 Å². The molecule has 160 valence electrons. The van der Waals surface area contributed by atoms with E-state index in [1.54, 1.807) is 51.2 Å². The Morgan fingerprint density at radius 1 is 1.16 bits per heavy atom. The summed E-state index contributed by atoms with van der Waals surface area (Å²) in [6.07, 6.45) is 2.34. The minimum absolute atomic E-state index is 0.0438. The molecule has 0 bridgehead atoms. The van der Waals surface area contributed by atoms with E-state index in [0.717, 1.165) is 0 Å². The largest absolute Gasteiger partial charge is 0.469 e. The van der Waals surface area contributed by atoms with E-state index in [0.29, 0.717) is 27.6 Å². The summed E-state index contributed by atoms with van der Waals surface area (Å²) in [5, 5.41) is 9.92. The molecule has 31 heavy (non-hydrogen) atoms. The van der Waals surface area contributed by atoms with Gasteiger partial charge in [-0.2, -0.15) is 5.26 Å². The molecule has 3 rings (SSSR count). The van der Waals surface area contributed by atoms with Gasteiger partial charge in [-0.25, -0.2) is 4.79 Å². The maximum atomic E-state index is 12.7. The summed E-state index contributed by atoms with van der Waals surface area (Å²) in [6.45, 7) is 5.31. The molecule has 0 fully saturated rings. The van der Waals surface area contributed by atoms with Gasteiger partial charge in [0.1, 0.15) is 5.60 Å². The molecule has 8 heteroatoms. The highest BCUT2D eigenvalue weighted by Crippen LogP contribution is 2.33. The summed E-state index contributed by atoms with van der Waals surface area (Å²) in [4.78, 5) is 36.3. The maximum Gasteiger partial charge on any atom is 0.419 e. The maximum absolute atomic E-state index is 12.7. The molecule has 2 aromatic heterocycles. The van der Waals surface area contributed by atoms with Gasteiger partial charge in [0, 0.05) is 29.1 Å². The summed E-state index contributed by atoms with van der Waals surface area (Å²) in [5.41, 5.74) is 1.46. The number of benzene rings is 1. The first-order valence-corrected chi connectivity index (χ1v) is 9.60. The lowest BCUT2D eigenvalue weighted by Crippen LogP contribution is -2.26. The first kappa shape index (κ1) is 21.8. The van der Waals surface area contributed by atoms with E-state index >= 15 is 0 Å². The van der Waals surface area contributed by atoms with Crippen LogP contribution in [-0.2, 0) is 14.3 Å². The SMILES string of the molecule is COC(=O)CCC(=O)c1cc(-c2cn(C(=O)OC(C)(C)C)c3ccc(C#N)cc23)co1. The number of rotatable bonds is 5. The van der Waals surface area contributed by atoms with Gasteiger partial charge in [0.15, 0.2) is 11.5 Å². The third-order valence-electron chi connectivity index (χ3n) is 4.49. The molecule has 0 saturated carbocycles. The van der Waals surface area contributed by atoms with Gasteiger partial charge >= 0.3 is 12.1 Å². The highest BCUT2D eigenvalue weighted by atomic mass is 16.6. The monoisotopic (exact) mass is 422 g/mol. The van der Waals surface area contributed by atoms with Crippen LogP contribution in [0.1, 0.15) is 49.7 Å². The summed E-state index contributed by atoms with van der Waals surface area (Å²) in [5.74, 6) is -0.733. The fourth-order valence-electron chi connectivity index (χ4n) is 3.06. The normalized spacial score (nSPS) is 11.2. The lowest BCUT2D eigenvalue weighted by atomic mass is 10.0. The Kier molecular flexibility index (Phi) is 5.97. The fourth-order valence-corrected chi connectivity index (χ4v) is 3.06. The van der Waals surface area contributed by atoms with Crippen molar-refractivity contribution in [1.82, 2.24) is 4.57 Å². The quantitative estimate of drug-likeness (QED) is 0.433. The number of aromatic nitrogens is 1. The van der Waals surface area contributed by atoms with E-state index < -0.39 is 17.7 Å². The molecule has 0 spiro atoms. The molecule has 0 radical (unpaired) electrons. The van der Waals surface area contributed by atoms with Crippen LogP contribution in [0.25, 0.3) is 22.0 Å². The first-order chi connectivity index (χ1) is 14.6. The van der Waals surface area contributed by atoms with E-state index in [-0.39, 0.29) is 24.4 Å². The molecule has 0 aliphatic rings. The number of hydrogen-bond donors (Lipinski definition) is 0. The van der Waals surface area contributed by atoms with Crippen LogP contribution in [-0.4, -0.2) is 35.1 Å². The van der Waals surface area contributed by atoms with E-state index in [1.807, 2.05) is 0 Å². The first-order valence-electron chi connectivity index (χ1n) is 9.60. The van der Waals surface area contributed by atoms with Gasteiger partial charge in [-0.1, -0.05) is 0 Å². The van der Waals surface area contributed by atoms with Crippen molar-refractivity contribution in [2.24, 2.45) is 0 Å². The second kappa shape index (κ2) is 8.48. The molecule has 0 N–H and O–H groups in total. The van der Waals surface area contributed by atoms with Crippen LogP contribution in [0.2, 0.25) is 0 Å². The van der Waals surface area contributed by atoms with Crippen LogP contribution >= 0.6 is 0 Å². The van der Waals surface area contributed by atoms with Gasteiger partial charge in [-0.3, -0.25) is 14.2 Å². The van der Waals surface area contributed by atoms with Crippen molar-refractivity contribution in [3.63, 3.8) is 0 Å². The Balaban J connectivity index is 2.01. The number of fused-ring (bicyclic) bond motifs is 1. The second-order valence-electron chi connectivity index (χ2n) is 7.94. The predicted octanol–water partition coefficient (Wildman–Crippen LogP) is 4.69. The highest BCUT2D eigenvalue weighted by molar-refractivity contribution is 6.02. The number of hydrogen-bond acceptors (Lipinski definition) is 7. The predicted molar refractivity (Wildman–Crippen MR) is 112 cm³/mol. The average Bonchev–Trinajstić information content (AvgIpc) is 3.34. The Bertz CT molecular complexity index is 1200. The number of furan rings is 1. The molecule has 8 nitrogen and oxygen atoms in total. The second-order valence-corrected chi connectivity index (χ2v) is 7.94. The number of nitrogens with zero attached hydrogens (tertiary/aromatic N) is 2. The van der Waals surface area contributed by atoms with Crippen molar-refractivity contribution in [3.05, 3.63) is 48.0 Å². The van der Waals surface area contributed by atoms with Crippen molar-refractivity contribution in [2.75, 3.05) is 7.11 Å². The smallest absolute Gasteiger partial charge is 0.419 e. The molecular formula is C23H22N2O6. The van der Waals surface area contributed by atoms with Crippen molar-refractivity contribution in [2.45, 2.75) is 39.2 Å². The molecular weight excluding hydrogens is 400 g/mol. The Labute approximate surface area is 179 Å². The lowest BCUT2D eigenvalue weighted by molar-refractivity contribution is -0.140. The van der Waals surface area contributed by atoms with Crippen LogP contribution in [0.4, 0.5) is 4.79 Å². The standard InChI is InChI=1S/C23H22N2O6/c1-23(2,3)31-22(28)25-12-17(16-9-14(11-24)5-6-18(16)25)15-10-20(30-13-15)19(26)7-8-21(27)29-4/h5-6,9-10,12-13H,7-8H2,1-4H3. The molecule has 0 aliphatic heterocycles. The molecule has 0 atom stereocenters. The lowest BCUT2D eigenvalue weighted by Gasteiger charge is -2.19. The Hall–Kier alpha value is -3.86. The molecule has 0 saturated heterocycles. The summed E-state index contributed by atoms with van der Waals surface area (Å²) in [7, 11) is 1.26. The van der Waals surface area contributed by atoms with Gasteiger partial charge in [-0.15, -0.1) is 0 Å². The fraction of sp³-hybridized carbons (Fsp3) is 0.304. The molecule has 0 unspecified atom stereocenters. The zero-order valence-electron chi connectivity index (χ0n) is 17.7.